The molecule has 0 aliphatic heterocycles. The Bertz CT molecular complexity index is 680. The fraction of sp³-hybridized carbons (Fsp3) is 0.318. The Kier molecular flexibility index (Phi) is 10.5. The van der Waals surface area contributed by atoms with E-state index in [9.17, 15) is 4.79 Å². The molecule has 5 heteroatoms. The van der Waals surface area contributed by atoms with E-state index < -0.39 is 5.91 Å². The second-order valence-corrected chi connectivity index (χ2v) is 6.33. The van der Waals surface area contributed by atoms with E-state index in [-0.39, 0.29) is 0 Å². The Labute approximate surface area is 162 Å². The molecule has 1 amide bonds. The highest BCUT2D eigenvalue weighted by Crippen LogP contribution is 2.23. The van der Waals surface area contributed by atoms with Crippen LogP contribution in [-0.4, -0.2) is 43.2 Å². The van der Waals surface area contributed by atoms with Gasteiger partial charge in [-0.3, -0.25) is 10.0 Å². The van der Waals surface area contributed by atoms with Gasteiger partial charge in [-0.25, -0.2) is 5.48 Å². The Morgan fingerprint density at radius 2 is 2.07 bits per heavy atom. The molecule has 0 heterocycles. The second-order valence-electron chi connectivity index (χ2n) is 6.33. The molecular formula is C22H31N3O2. The van der Waals surface area contributed by atoms with Gasteiger partial charge in [-0.2, -0.15) is 0 Å². The Hall–Kier alpha value is -2.63. The molecule has 1 rings (SSSR count). The molecule has 0 aromatic heterocycles. The summed E-state index contributed by atoms with van der Waals surface area (Å²) in [6.07, 6.45) is 17.5. The number of rotatable bonds is 11. The summed E-state index contributed by atoms with van der Waals surface area (Å²) < 4.78 is 0. The van der Waals surface area contributed by atoms with Crippen molar-refractivity contribution in [2.45, 2.75) is 19.3 Å². The molecule has 1 aliphatic carbocycles. The number of nitrogens with zero attached hydrogens (tertiary/aromatic N) is 1. The van der Waals surface area contributed by atoms with Crippen molar-refractivity contribution in [3.63, 3.8) is 0 Å². The fourth-order valence-corrected chi connectivity index (χ4v) is 2.75. The van der Waals surface area contributed by atoms with E-state index >= 15 is 0 Å². The first kappa shape index (κ1) is 22.4. The number of hydrogen-bond donors (Lipinski definition) is 3. The predicted octanol–water partition coefficient (Wildman–Crippen LogP) is 3.42. The van der Waals surface area contributed by atoms with Crippen LogP contribution in [0.1, 0.15) is 19.3 Å². The molecule has 5 nitrogen and oxygen atoms in total. The highest BCUT2D eigenvalue weighted by Gasteiger charge is 2.10. The van der Waals surface area contributed by atoms with Crippen LogP contribution in [0.15, 0.2) is 84.2 Å². The molecule has 1 aliphatic rings. The maximum Gasteiger partial charge on any atom is 0.267 e. The van der Waals surface area contributed by atoms with Crippen LogP contribution < -0.4 is 10.8 Å². The number of hydrogen-bond acceptors (Lipinski definition) is 4. The molecule has 0 fully saturated rings. The van der Waals surface area contributed by atoms with Crippen molar-refractivity contribution < 1.29 is 10.0 Å². The number of hydroxylamine groups is 1. The highest BCUT2D eigenvalue weighted by molar-refractivity contribution is 5.87. The molecule has 0 aromatic carbocycles. The third-order valence-electron chi connectivity index (χ3n) is 4.11. The molecular weight excluding hydrogens is 338 g/mol. The topological polar surface area (TPSA) is 64.6 Å². The third kappa shape index (κ3) is 8.53. The van der Waals surface area contributed by atoms with E-state index in [1.165, 1.54) is 17.3 Å². The van der Waals surface area contributed by atoms with Gasteiger partial charge in [0.25, 0.3) is 5.91 Å². The average Bonchev–Trinajstić information content (AvgIpc) is 2.87. The van der Waals surface area contributed by atoms with Crippen LogP contribution in [0.2, 0.25) is 0 Å². The standard InChI is InChI=1S/C22H31N3O2/c1-5-8-18(6-2)13-15-23-16-14-20-17-19(11-12-22(26)24-27)9-7-10-21(20)25(3)4/h5-6,8-12,17,23,27H,1-2,7,13-16H2,3-4H3,(H,24,26)/b12-11+,18-8+. The SMILES string of the molecule is C=C/C=C(\C=C)CCNCCC1=CC(/C=C/C(=O)NO)=CCC=C1N(C)C. The molecule has 0 spiro atoms. The van der Waals surface area contributed by atoms with Crippen molar-refractivity contribution in [2.75, 3.05) is 27.2 Å². The summed E-state index contributed by atoms with van der Waals surface area (Å²) in [6, 6.07) is 0. The van der Waals surface area contributed by atoms with Gasteiger partial charge < -0.3 is 10.2 Å². The Morgan fingerprint density at radius 3 is 2.70 bits per heavy atom. The molecule has 0 saturated heterocycles. The van der Waals surface area contributed by atoms with Crippen molar-refractivity contribution in [3.8, 4) is 0 Å². The molecule has 27 heavy (non-hydrogen) atoms. The first-order chi connectivity index (χ1) is 13.0. The van der Waals surface area contributed by atoms with E-state index in [2.05, 4.69) is 41.6 Å². The first-order valence-electron chi connectivity index (χ1n) is 9.07. The van der Waals surface area contributed by atoms with Crippen LogP contribution in [-0.2, 0) is 4.79 Å². The average molecular weight is 370 g/mol. The van der Waals surface area contributed by atoms with E-state index in [1.807, 2.05) is 26.2 Å². The number of nitrogens with one attached hydrogen (secondary N) is 2. The summed E-state index contributed by atoms with van der Waals surface area (Å²) in [7, 11) is 4.06. The first-order valence-corrected chi connectivity index (χ1v) is 9.07. The lowest BCUT2D eigenvalue weighted by molar-refractivity contribution is -0.124. The van der Waals surface area contributed by atoms with E-state index in [0.717, 1.165) is 43.5 Å². The largest absolute Gasteiger partial charge is 0.378 e. The summed E-state index contributed by atoms with van der Waals surface area (Å²) in [5, 5.41) is 12.1. The zero-order valence-electron chi connectivity index (χ0n) is 16.4. The van der Waals surface area contributed by atoms with Gasteiger partial charge in [0.1, 0.15) is 0 Å². The molecule has 146 valence electrons. The molecule has 0 atom stereocenters. The lowest BCUT2D eigenvalue weighted by atomic mass is 10.1. The molecule has 0 unspecified atom stereocenters. The van der Waals surface area contributed by atoms with Crippen LogP contribution in [0.5, 0.6) is 0 Å². The Balaban J connectivity index is 2.71. The molecule has 3 N–H and O–H groups in total. The van der Waals surface area contributed by atoms with Crippen molar-refractivity contribution in [2.24, 2.45) is 0 Å². The smallest absolute Gasteiger partial charge is 0.267 e. The van der Waals surface area contributed by atoms with Gasteiger partial charge >= 0.3 is 0 Å². The minimum absolute atomic E-state index is 0.539. The minimum Gasteiger partial charge on any atom is -0.378 e. The number of carbonyl (C=O) groups is 1. The lowest BCUT2D eigenvalue weighted by Crippen LogP contribution is -2.20. The van der Waals surface area contributed by atoms with Gasteiger partial charge in [-0.05, 0) is 61.2 Å². The van der Waals surface area contributed by atoms with Crippen LogP contribution in [0, 0.1) is 0 Å². The van der Waals surface area contributed by atoms with Crippen molar-refractivity contribution in [1.29, 1.82) is 0 Å². The molecule has 0 bridgehead atoms. The van der Waals surface area contributed by atoms with Gasteiger partial charge in [0.2, 0.25) is 0 Å². The van der Waals surface area contributed by atoms with E-state index in [1.54, 1.807) is 17.6 Å². The van der Waals surface area contributed by atoms with E-state index in [4.69, 9.17) is 5.21 Å². The highest BCUT2D eigenvalue weighted by atomic mass is 16.5. The summed E-state index contributed by atoms with van der Waals surface area (Å²) in [5.74, 6) is -0.539. The third-order valence-corrected chi connectivity index (χ3v) is 4.11. The van der Waals surface area contributed by atoms with Gasteiger partial charge in [0.15, 0.2) is 0 Å². The normalized spacial score (nSPS) is 14.8. The van der Waals surface area contributed by atoms with E-state index in [0.29, 0.717) is 0 Å². The summed E-state index contributed by atoms with van der Waals surface area (Å²) >= 11 is 0. The fourth-order valence-electron chi connectivity index (χ4n) is 2.75. The van der Waals surface area contributed by atoms with Crippen LogP contribution in [0.3, 0.4) is 0 Å². The van der Waals surface area contributed by atoms with Gasteiger partial charge in [-0.15, -0.1) is 0 Å². The molecule has 0 aromatic rings. The zero-order chi connectivity index (χ0) is 20.1. The second kappa shape index (κ2) is 12.7. The Morgan fingerprint density at radius 1 is 1.30 bits per heavy atom. The van der Waals surface area contributed by atoms with Crippen molar-refractivity contribution in [3.05, 3.63) is 84.2 Å². The van der Waals surface area contributed by atoms with Gasteiger partial charge in [-0.1, -0.05) is 43.5 Å². The van der Waals surface area contributed by atoms with Crippen molar-refractivity contribution >= 4 is 5.91 Å². The monoisotopic (exact) mass is 369 g/mol. The number of amides is 1. The van der Waals surface area contributed by atoms with Gasteiger partial charge in [0, 0.05) is 25.9 Å². The minimum atomic E-state index is -0.539. The zero-order valence-corrected chi connectivity index (χ0v) is 16.4. The number of likely N-dealkylation sites (N-methyl/N-ethyl adjacent to an activating group) is 1. The van der Waals surface area contributed by atoms with Crippen LogP contribution >= 0.6 is 0 Å². The van der Waals surface area contributed by atoms with Crippen LogP contribution in [0.25, 0.3) is 0 Å². The molecule has 0 radical (unpaired) electrons. The van der Waals surface area contributed by atoms with Crippen molar-refractivity contribution in [1.82, 2.24) is 15.7 Å². The summed E-state index contributed by atoms with van der Waals surface area (Å²) in [4.78, 5) is 13.3. The summed E-state index contributed by atoms with van der Waals surface area (Å²) in [5.41, 5.74) is 6.11. The maximum absolute atomic E-state index is 11.2. The lowest BCUT2D eigenvalue weighted by Gasteiger charge is -2.20. The number of carbonyl (C=O) groups excluding carboxylic acids is 1. The van der Waals surface area contributed by atoms with Crippen LogP contribution in [0.4, 0.5) is 0 Å². The predicted molar refractivity (Wildman–Crippen MR) is 112 cm³/mol. The maximum atomic E-state index is 11.2. The number of allylic oxidation sites excluding steroid dienone is 9. The summed E-state index contributed by atoms with van der Waals surface area (Å²) in [6.45, 7) is 9.25. The molecule has 0 saturated carbocycles. The van der Waals surface area contributed by atoms with Gasteiger partial charge in [0.05, 0.1) is 0 Å². The quantitative estimate of drug-likeness (QED) is 0.172.